The van der Waals surface area contributed by atoms with Gasteiger partial charge in [0, 0.05) is 13.5 Å². The highest BCUT2D eigenvalue weighted by Gasteiger charge is 2.21. The summed E-state index contributed by atoms with van der Waals surface area (Å²) in [6, 6.07) is 0. The van der Waals surface area contributed by atoms with Crippen molar-refractivity contribution < 1.29 is 14.3 Å². The summed E-state index contributed by atoms with van der Waals surface area (Å²) in [6.45, 7) is 3.45. The number of nitrogens with zero attached hydrogens (tertiary/aromatic N) is 2. The van der Waals surface area contributed by atoms with E-state index in [9.17, 15) is 9.59 Å². The van der Waals surface area contributed by atoms with Crippen LogP contribution in [0.3, 0.4) is 0 Å². The van der Waals surface area contributed by atoms with E-state index in [0.717, 1.165) is 0 Å². The summed E-state index contributed by atoms with van der Waals surface area (Å²) >= 11 is 0. The Labute approximate surface area is 93.6 Å². The van der Waals surface area contributed by atoms with Crippen molar-refractivity contribution in [3.05, 3.63) is 11.4 Å². The van der Waals surface area contributed by atoms with E-state index in [-0.39, 0.29) is 11.6 Å². The van der Waals surface area contributed by atoms with Gasteiger partial charge in [-0.05, 0) is 6.92 Å². The van der Waals surface area contributed by atoms with Crippen molar-refractivity contribution in [1.29, 1.82) is 0 Å². The third-order valence-electron chi connectivity index (χ3n) is 2.19. The van der Waals surface area contributed by atoms with Gasteiger partial charge in [0.15, 0.2) is 5.69 Å². The van der Waals surface area contributed by atoms with Gasteiger partial charge in [0.2, 0.25) is 5.91 Å². The normalized spacial score (nSPS) is 10.0. The number of carbonyl (C=O) groups is 2. The Hall–Kier alpha value is -1.85. The molecule has 0 saturated heterocycles. The highest BCUT2D eigenvalue weighted by Crippen LogP contribution is 2.20. The number of anilines is 1. The molecule has 1 N–H and O–H groups in total. The summed E-state index contributed by atoms with van der Waals surface area (Å²) in [5.74, 6) is -0.684. The molecule has 1 heterocycles. The van der Waals surface area contributed by atoms with Gasteiger partial charge in [0.25, 0.3) is 0 Å². The number of hydrogen-bond acceptors (Lipinski definition) is 4. The van der Waals surface area contributed by atoms with Gasteiger partial charge in [-0.3, -0.25) is 9.48 Å². The number of hydrogen-bond donors (Lipinski definition) is 1. The van der Waals surface area contributed by atoms with Gasteiger partial charge in [-0.1, -0.05) is 6.92 Å². The quantitative estimate of drug-likeness (QED) is 0.774. The third-order valence-corrected chi connectivity index (χ3v) is 2.19. The molecule has 0 atom stereocenters. The number of rotatable bonds is 3. The predicted molar refractivity (Wildman–Crippen MR) is 58.2 cm³/mol. The average molecular weight is 225 g/mol. The molecule has 0 unspecified atom stereocenters. The minimum Gasteiger partial charge on any atom is -0.464 e. The summed E-state index contributed by atoms with van der Waals surface area (Å²) in [5, 5.41) is 6.71. The van der Waals surface area contributed by atoms with E-state index < -0.39 is 5.97 Å². The zero-order valence-electron chi connectivity index (χ0n) is 9.83. The van der Waals surface area contributed by atoms with Crippen LogP contribution in [0.4, 0.5) is 5.69 Å². The van der Waals surface area contributed by atoms with Crippen LogP contribution in [0.2, 0.25) is 0 Å². The first-order valence-corrected chi connectivity index (χ1v) is 4.93. The molecule has 0 bridgehead atoms. The summed E-state index contributed by atoms with van der Waals surface area (Å²) < 4.78 is 6.03. The van der Waals surface area contributed by atoms with Crippen LogP contribution in [0.25, 0.3) is 0 Å². The molecule has 0 aliphatic heterocycles. The number of amides is 1. The van der Waals surface area contributed by atoms with Gasteiger partial charge >= 0.3 is 5.97 Å². The van der Waals surface area contributed by atoms with Crippen molar-refractivity contribution in [2.75, 3.05) is 12.4 Å². The first kappa shape index (κ1) is 12.2. The number of esters is 1. The van der Waals surface area contributed by atoms with E-state index in [1.807, 2.05) is 0 Å². The first-order chi connectivity index (χ1) is 7.51. The van der Waals surface area contributed by atoms with Crippen molar-refractivity contribution in [2.24, 2.45) is 7.05 Å². The van der Waals surface area contributed by atoms with Crippen LogP contribution in [0.5, 0.6) is 0 Å². The second-order valence-corrected chi connectivity index (χ2v) is 3.33. The fourth-order valence-electron chi connectivity index (χ4n) is 1.37. The Bertz CT molecular complexity index is 423. The summed E-state index contributed by atoms with van der Waals surface area (Å²) in [4.78, 5) is 22.8. The topological polar surface area (TPSA) is 73.2 Å². The molecule has 1 aromatic heterocycles. The van der Waals surface area contributed by atoms with E-state index >= 15 is 0 Å². The van der Waals surface area contributed by atoms with Gasteiger partial charge in [-0.15, -0.1) is 0 Å². The molecule has 0 aromatic carbocycles. The fourth-order valence-corrected chi connectivity index (χ4v) is 1.37. The van der Waals surface area contributed by atoms with Gasteiger partial charge in [-0.2, -0.15) is 5.10 Å². The maximum absolute atomic E-state index is 11.5. The largest absolute Gasteiger partial charge is 0.464 e. The number of carbonyl (C=O) groups excluding carboxylic acids is 2. The lowest BCUT2D eigenvalue weighted by molar-refractivity contribution is -0.115. The van der Waals surface area contributed by atoms with E-state index in [1.165, 1.54) is 11.8 Å². The molecule has 0 spiro atoms. The molecule has 1 aromatic rings. The molecular weight excluding hydrogens is 210 g/mol. The number of aryl methyl sites for hydroxylation is 2. The molecule has 0 aliphatic carbocycles. The van der Waals surface area contributed by atoms with Crippen LogP contribution in [0.1, 0.15) is 29.5 Å². The molecule has 0 fully saturated rings. The van der Waals surface area contributed by atoms with Gasteiger partial charge in [0.05, 0.1) is 18.5 Å². The fraction of sp³-hybridized carbons (Fsp3) is 0.500. The van der Waals surface area contributed by atoms with Gasteiger partial charge in [-0.25, -0.2) is 4.79 Å². The summed E-state index contributed by atoms with van der Waals surface area (Å²) in [7, 11) is 2.91. The molecule has 6 heteroatoms. The predicted octanol–water partition coefficient (Wildman–Crippen LogP) is 0.864. The van der Waals surface area contributed by atoms with E-state index in [0.29, 0.717) is 17.8 Å². The lowest BCUT2D eigenvalue weighted by atomic mass is 10.3. The molecule has 0 radical (unpaired) electrons. The molecule has 0 saturated carbocycles. The Morgan fingerprint density at radius 2 is 2.12 bits per heavy atom. The Balaban J connectivity index is 3.15. The standard InChI is InChI=1S/C10H15N3O3/c1-5-7(14)11-8-6(2)12-13(3)9(8)10(15)16-4/h5H2,1-4H3,(H,11,14). The summed E-state index contributed by atoms with van der Waals surface area (Å²) in [6.07, 6.45) is 0.342. The average Bonchev–Trinajstić information content (AvgIpc) is 2.53. The number of ether oxygens (including phenoxy) is 1. The highest BCUT2D eigenvalue weighted by atomic mass is 16.5. The second-order valence-electron chi connectivity index (χ2n) is 3.33. The molecule has 1 rings (SSSR count). The maximum atomic E-state index is 11.5. The second kappa shape index (κ2) is 4.78. The molecule has 16 heavy (non-hydrogen) atoms. The first-order valence-electron chi connectivity index (χ1n) is 4.93. The van der Waals surface area contributed by atoms with Crippen molar-refractivity contribution in [3.63, 3.8) is 0 Å². The Morgan fingerprint density at radius 1 is 1.50 bits per heavy atom. The maximum Gasteiger partial charge on any atom is 0.358 e. The molecule has 88 valence electrons. The summed E-state index contributed by atoms with van der Waals surface area (Å²) in [5.41, 5.74) is 1.26. The van der Waals surface area contributed by atoms with E-state index in [1.54, 1.807) is 20.9 Å². The van der Waals surface area contributed by atoms with Crippen molar-refractivity contribution in [2.45, 2.75) is 20.3 Å². The zero-order chi connectivity index (χ0) is 12.3. The number of nitrogens with one attached hydrogen (secondary N) is 1. The van der Waals surface area contributed by atoms with Crippen LogP contribution in [0.15, 0.2) is 0 Å². The van der Waals surface area contributed by atoms with Gasteiger partial charge < -0.3 is 10.1 Å². The number of aromatic nitrogens is 2. The molecular formula is C10H15N3O3. The van der Waals surface area contributed by atoms with Crippen molar-refractivity contribution in [1.82, 2.24) is 9.78 Å². The minimum atomic E-state index is -0.519. The zero-order valence-corrected chi connectivity index (χ0v) is 9.83. The van der Waals surface area contributed by atoms with Crippen LogP contribution < -0.4 is 5.32 Å². The lowest BCUT2D eigenvalue weighted by Crippen LogP contribution is -2.15. The van der Waals surface area contributed by atoms with Crippen LogP contribution >= 0.6 is 0 Å². The van der Waals surface area contributed by atoms with E-state index in [4.69, 9.17) is 0 Å². The van der Waals surface area contributed by atoms with E-state index in [2.05, 4.69) is 15.2 Å². The molecule has 6 nitrogen and oxygen atoms in total. The van der Waals surface area contributed by atoms with Crippen LogP contribution in [-0.4, -0.2) is 28.8 Å². The minimum absolute atomic E-state index is 0.166. The number of methoxy groups -OCH3 is 1. The van der Waals surface area contributed by atoms with Crippen molar-refractivity contribution in [3.8, 4) is 0 Å². The molecule has 0 aliphatic rings. The molecule has 1 amide bonds. The Kier molecular flexibility index (Phi) is 3.65. The highest BCUT2D eigenvalue weighted by molar-refractivity contribution is 6.00. The van der Waals surface area contributed by atoms with Crippen LogP contribution in [-0.2, 0) is 16.6 Å². The lowest BCUT2D eigenvalue weighted by Gasteiger charge is -2.05. The SMILES string of the molecule is CCC(=O)Nc1c(C)nn(C)c1C(=O)OC. The monoisotopic (exact) mass is 225 g/mol. The van der Waals surface area contributed by atoms with Crippen molar-refractivity contribution >= 4 is 17.6 Å². The van der Waals surface area contributed by atoms with Gasteiger partial charge in [0.1, 0.15) is 0 Å². The third kappa shape index (κ3) is 2.21. The Morgan fingerprint density at radius 3 is 2.62 bits per heavy atom. The van der Waals surface area contributed by atoms with Crippen LogP contribution in [0, 0.1) is 6.92 Å². The smallest absolute Gasteiger partial charge is 0.358 e.